The van der Waals surface area contributed by atoms with Crippen LogP contribution < -0.4 is 9.62 Å². The fraction of sp³-hybridized carbons (Fsp3) is 0.391. The summed E-state index contributed by atoms with van der Waals surface area (Å²) in [7, 11) is -3.74. The summed E-state index contributed by atoms with van der Waals surface area (Å²) in [5.41, 5.74) is 2.26. The second-order valence-corrected chi connectivity index (χ2v) is 10.3. The van der Waals surface area contributed by atoms with Gasteiger partial charge >= 0.3 is 0 Å². The van der Waals surface area contributed by atoms with Crippen molar-refractivity contribution < 1.29 is 18.0 Å². The number of hydrogen-bond donors (Lipinski definition) is 1. The van der Waals surface area contributed by atoms with E-state index in [-0.39, 0.29) is 12.5 Å². The summed E-state index contributed by atoms with van der Waals surface area (Å²) in [6, 6.07) is 13.7. The molecule has 0 aliphatic heterocycles. The molecule has 2 amide bonds. The number of benzene rings is 2. The summed E-state index contributed by atoms with van der Waals surface area (Å²) in [6.45, 7) is 5.83. The molecule has 0 saturated carbocycles. The molecule has 7 nitrogen and oxygen atoms in total. The molecule has 0 aliphatic rings. The molecule has 0 heterocycles. The van der Waals surface area contributed by atoms with Crippen LogP contribution in [0.15, 0.2) is 53.0 Å². The Bertz CT molecular complexity index is 1060. The first kappa shape index (κ1) is 25.9. The van der Waals surface area contributed by atoms with Crippen LogP contribution in [0.25, 0.3) is 0 Å². The van der Waals surface area contributed by atoms with Crippen LogP contribution in [0.2, 0.25) is 0 Å². The predicted octanol–water partition coefficient (Wildman–Crippen LogP) is 3.47. The average molecular weight is 524 g/mol. The van der Waals surface area contributed by atoms with Crippen molar-refractivity contribution in [1.82, 2.24) is 10.2 Å². The first-order chi connectivity index (χ1) is 15.1. The van der Waals surface area contributed by atoms with E-state index in [2.05, 4.69) is 21.2 Å². The standard InChI is InChI=1S/C23H30BrN3O4S/c1-5-21(23(29)25-6-2)26(15-18-11-8-7-10-17(18)3)22(28)16-27(32(4,30)31)20-13-9-12-19(24)14-20/h7-14,21H,5-6,15-16H2,1-4H3,(H,25,29). The first-order valence-electron chi connectivity index (χ1n) is 10.4. The maximum absolute atomic E-state index is 13.5. The lowest BCUT2D eigenvalue weighted by Crippen LogP contribution is -2.52. The van der Waals surface area contributed by atoms with Crippen LogP contribution in [0.5, 0.6) is 0 Å². The third-order valence-electron chi connectivity index (χ3n) is 5.11. The second-order valence-electron chi connectivity index (χ2n) is 7.52. The third-order valence-corrected chi connectivity index (χ3v) is 6.75. The van der Waals surface area contributed by atoms with Gasteiger partial charge in [-0.05, 0) is 49.6 Å². The van der Waals surface area contributed by atoms with Crippen LogP contribution in [0.3, 0.4) is 0 Å². The molecule has 1 atom stereocenters. The molecule has 2 aromatic rings. The number of likely N-dealkylation sites (N-methyl/N-ethyl adjacent to an activating group) is 1. The zero-order valence-corrected chi connectivity index (χ0v) is 21.2. The molecule has 1 N–H and O–H groups in total. The van der Waals surface area contributed by atoms with E-state index in [1.165, 1.54) is 4.90 Å². The van der Waals surface area contributed by atoms with Gasteiger partial charge in [0.1, 0.15) is 12.6 Å². The van der Waals surface area contributed by atoms with Crippen LogP contribution in [0, 0.1) is 6.92 Å². The molecular weight excluding hydrogens is 494 g/mol. The number of nitrogens with zero attached hydrogens (tertiary/aromatic N) is 2. The molecule has 0 saturated heterocycles. The predicted molar refractivity (Wildman–Crippen MR) is 131 cm³/mol. The van der Waals surface area contributed by atoms with Gasteiger partial charge in [0, 0.05) is 17.6 Å². The highest BCUT2D eigenvalue weighted by Crippen LogP contribution is 2.23. The number of anilines is 1. The number of amides is 2. The number of hydrogen-bond acceptors (Lipinski definition) is 4. The molecule has 0 aliphatic carbocycles. The topological polar surface area (TPSA) is 86.8 Å². The molecule has 174 valence electrons. The molecule has 0 bridgehead atoms. The van der Waals surface area contributed by atoms with Crippen molar-refractivity contribution in [2.45, 2.75) is 39.8 Å². The Kier molecular flexibility index (Phi) is 9.27. The van der Waals surface area contributed by atoms with E-state index < -0.39 is 28.5 Å². The van der Waals surface area contributed by atoms with Gasteiger partial charge in [-0.1, -0.05) is 53.2 Å². The Balaban J connectivity index is 2.45. The minimum Gasteiger partial charge on any atom is -0.355 e. The van der Waals surface area contributed by atoms with E-state index in [1.54, 1.807) is 24.3 Å². The van der Waals surface area contributed by atoms with Crippen molar-refractivity contribution in [3.8, 4) is 0 Å². The number of carbonyl (C=O) groups is 2. The Morgan fingerprint density at radius 1 is 1.09 bits per heavy atom. The van der Waals surface area contributed by atoms with E-state index in [9.17, 15) is 18.0 Å². The molecule has 0 aromatic heterocycles. The highest BCUT2D eigenvalue weighted by molar-refractivity contribution is 9.10. The van der Waals surface area contributed by atoms with Crippen LogP contribution in [0.4, 0.5) is 5.69 Å². The molecule has 9 heteroatoms. The number of halogens is 1. The van der Waals surface area contributed by atoms with Gasteiger partial charge < -0.3 is 10.2 Å². The van der Waals surface area contributed by atoms with Gasteiger partial charge in [0.2, 0.25) is 21.8 Å². The Labute approximate surface area is 199 Å². The van der Waals surface area contributed by atoms with Gasteiger partial charge in [0.25, 0.3) is 0 Å². The molecular formula is C23H30BrN3O4S. The number of rotatable bonds is 10. The average Bonchev–Trinajstić information content (AvgIpc) is 2.72. The summed E-state index contributed by atoms with van der Waals surface area (Å²) in [6.07, 6.45) is 1.47. The molecule has 1 unspecified atom stereocenters. The summed E-state index contributed by atoms with van der Waals surface area (Å²) < 4.78 is 26.9. The summed E-state index contributed by atoms with van der Waals surface area (Å²) >= 11 is 3.35. The number of aryl methyl sites for hydroxylation is 1. The van der Waals surface area contributed by atoms with Crippen LogP contribution in [-0.2, 0) is 26.2 Å². The van der Waals surface area contributed by atoms with E-state index in [4.69, 9.17) is 0 Å². The smallest absolute Gasteiger partial charge is 0.244 e. The highest BCUT2D eigenvalue weighted by Gasteiger charge is 2.31. The molecule has 0 radical (unpaired) electrons. The Morgan fingerprint density at radius 2 is 1.78 bits per heavy atom. The first-order valence-corrected chi connectivity index (χ1v) is 13.1. The lowest BCUT2D eigenvalue weighted by atomic mass is 10.1. The lowest BCUT2D eigenvalue weighted by Gasteiger charge is -2.33. The summed E-state index contributed by atoms with van der Waals surface area (Å²) in [4.78, 5) is 27.7. The molecule has 2 rings (SSSR count). The third kappa shape index (κ3) is 6.80. The van der Waals surface area contributed by atoms with Crippen molar-refractivity contribution in [3.05, 3.63) is 64.1 Å². The Morgan fingerprint density at radius 3 is 2.34 bits per heavy atom. The maximum Gasteiger partial charge on any atom is 0.244 e. The fourth-order valence-corrected chi connectivity index (χ4v) is 4.66. The number of sulfonamides is 1. The van der Waals surface area contributed by atoms with Crippen LogP contribution >= 0.6 is 15.9 Å². The number of nitrogens with one attached hydrogen (secondary N) is 1. The van der Waals surface area contributed by atoms with Gasteiger partial charge in [0.05, 0.1) is 11.9 Å². The van der Waals surface area contributed by atoms with Gasteiger partial charge in [-0.25, -0.2) is 8.42 Å². The van der Waals surface area contributed by atoms with E-state index >= 15 is 0 Å². The van der Waals surface area contributed by atoms with Crippen LogP contribution in [-0.4, -0.2) is 50.5 Å². The lowest BCUT2D eigenvalue weighted by molar-refractivity contribution is -0.140. The largest absolute Gasteiger partial charge is 0.355 e. The van der Waals surface area contributed by atoms with E-state index in [0.717, 1.165) is 21.7 Å². The Hall–Kier alpha value is -2.39. The van der Waals surface area contributed by atoms with Gasteiger partial charge in [-0.2, -0.15) is 0 Å². The minimum absolute atomic E-state index is 0.206. The second kappa shape index (κ2) is 11.5. The van der Waals surface area contributed by atoms with Gasteiger partial charge in [-0.15, -0.1) is 0 Å². The van der Waals surface area contributed by atoms with Gasteiger partial charge in [-0.3, -0.25) is 13.9 Å². The quantitative estimate of drug-likeness (QED) is 0.516. The molecule has 0 fully saturated rings. The van der Waals surface area contributed by atoms with Gasteiger partial charge in [0.15, 0.2) is 0 Å². The monoisotopic (exact) mass is 523 g/mol. The van der Waals surface area contributed by atoms with Crippen molar-refractivity contribution in [2.75, 3.05) is 23.7 Å². The fourth-order valence-electron chi connectivity index (χ4n) is 3.43. The highest BCUT2D eigenvalue weighted by atomic mass is 79.9. The molecule has 2 aromatic carbocycles. The van der Waals surface area contributed by atoms with Crippen molar-refractivity contribution >= 4 is 43.5 Å². The minimum atomic E-state index is -3.74. The zero-order chi connectivity index (χ0) is 23.9. The SMILES string of the molecule is CCNC(=O)C(CC)N(Cc1ccccc1C)C(=O)CN(c1cccc(Br)c1)S(C)(=O)=O. The zero-order valence-electron chi connectivity index (χ0n) is 18.8. The molecule has 0 spiro atoms. The summed E-state index contributed by atoms with van der Waals surface area (Å²) in [5, 5.41) is 2.78. The number of carbonyl (C=O) groups excluding carboxylic acids is 2. The van der Waals surface area contributed by atoms with E-state index in [0.29, 0.717) is 23.1 Å². The van der Waals surface area contributed by atoms with Crippen molar-refractivity contribution in [2.24, 2.45) is 0 Å². The normalized spacial score (nSPS) is 12.2. The van der Waals surface area contributed by atoms with Crippen molar-refractivity contribution in [3.63, 3.8) is 0 Å². The summed E-state index contributed by atoms with van der Waals surface area (Å²) in [5.74, 6) is -0.706. The van der Waals surface area contributed by atoms with Crippen molar-refractivity contribution in [1.29, 1.82) is 0 Å². The van der Waals surface area contributed by atoms with Crippen LogP contribution in [0.1, 0.15) is 31.4 Å². The van der Waals surface area contributed by atoms with E-state index in [1.807, 2.05) is 45.0 Å². The maximum atomic E-state index is 13.5. The molecule has 32 heavy (non-hydrogen) atoms.